The number of allylic oxidation sites excluding steroid dienone is 4. The second-order valence-electron chi connectivity index (χ2n) is 16.5. The van der Waals surface area contributed by atoms with E-state index in [1.54, 1.807) is 0 Å². The van der Waals surface area contributed by atoms with Crippen LogP contribution < -0.4 is 4.90 Å². The molecule has 0 aliphatic heterocycles. The number of benzene rings is 7. The van der Waals surface area contributed by atoms with E-state index in [4.69, 9.17) is 0 Å². The molecule has 7 aromatic rings. The van der Waals surface area contributed by atoms with Crippen molar-refractivity contribution < 1.29 is 0 Å². The van der Waals surface area contributed by atoms with Crippen LogP contribution >= 0.6 is 0 Å². The molecule has 0 spiro atoms. The Balaban J connectivity index is 1.15. The third-order valence-electron chi connectivity index (χ3n) is 12.6. The molecule has 1 nitrogen and oxygen atoms in total. The molecule has 0 saturated heterocycles. The van der Waals surface area contributed by atoms with Crippen molar-refractivity contribution >= 4 is 17.1 Å². The van der Waals surface area contributed by atoms with Gasteiger partial charge in [-0.05, 0) is 110 Å². The van der Waals surface area contributed by atoms with Crippen LogP contribution in [-0.4, -0.2) is 0 Å². The van der Waals surface area contributed by atoms with E-state index in [1.165, 1.54) is 78.0 Å². The van der Waals surface area contributed by atoms with E-state index in [-0.39, 0.29) is 10.8 Å². The molecule has 55 heavy (non-hydrogen) atoms. The van der Waals surface area contributed by atoms with E-state index in [0.717, 1.165) is 17.8 Å². The van der Waals surface area contributed by atoms with E-state index in [0.29, 0.717) is 5.92 Å². The van der Waals surface area contributed by atoms with Crippen molar-refractivity contribution in [3.8, 4) is 44.5 Å². The Bertz CT molecular complexity index is 2670. The lowest BCUT2D eigenvalue weighted by molar-refractivity contribution is 0.660. The van der Waals surface area contributed by atoms with Gasteiger partial charge in [0.2, 0.25) is 0 Å². The highest BCUT2D eigenvalue weighted by Crippen LogP contribution is 2.54. The monoisotopic (exact) mass is 707 g/mol. The number of rotatable bonds is 6. The van der Waals surface area contributed by atoms with Crippen molar-refractivity contribution in [1.29, 1.82) is 0 Å². The van der Waals surface area contributed by atoms with Crippen LogP contribution in [-0.2, 0) is 10.8 Å². The van der Waals surface area contributed by atoms with E-state index < -0.39 is 0 Å². The molecule has 1 heteroatoms. The van der Waals surface area contributed by atoms with Crippen LogP contribution in [0.2, 0.25) is 0 Å². The summed E-state index contributed by atoms with van der Waals surface area (Å²) in [6, 6.07) is 59.2. The highest BCUT2D eigenvalue weighted by Gasteiger charge is 2.37. The Morgan fingerprint density at radius 2 is 1.07 bits per heavy atom. The average molecular weight is 708 g/mol. The second kappa shape index (κ2) is 12.7. The Kier molecular flexibility index (Phi) is 7.72. The van der Waals surface area contributed by atoms with Gasteiger partial charge in [-0.15, -0.1) is 0 Å². The zero-order valence-corrected chi connectivity index (χ0v) is 32.1. The van der Waals surface area contributed by atoms with Crippen molar-refractivity contribution in [2.45, 2.75) is 50.9 Å². The van der Waals surface area contributed by atoms with Crippen LogP contribution in [0.3, 0.4) is 0 Å². The lowest BCUT2D eigenvalue weighted by Gasteiger charge is -2.30. The largest absolute Gasteiger partial charge is 0.310 e. The van der Waals surface area contributed by atoms with E-state index >= 15 is 0 Å². The van der Waals surface area contributed by atoms with Gasteiger partial charge < -0.3 is 4.90 Å². The van der Waals surface area contributed by atoms with Crippen LogP contribution in [0.25, 0.3) is 44.5 Å². The lowest BCUT2D eigenvalue weighted by atomic mass is 9.82. The predicted octanol–water partition coefficient (Wildman–Crippen LogP) is 14.7. The molecule has 7 aromatic carbocycles. The summed E-state index contributed by atoms with van der Waals surface area (Å²) in [4.78, 5) is 2.49. The van der Waals surface area contributed by atoms with E-state index in [1.807, 2.05) is 0 Å². The molecule has 0 radical (unpaired) electrons. The smallest absolute Gasteiger partial charge is 0.0540 e. The van der Waals surface area contributed by atoms with Crippen molar-refractivity contribution in [3.05, 3.63) is 210 Å². The lowest BCUT2D eigenvalue weighted by Crippen LogP contribution is -2.17. The topological polar surface area (TPSA) is 3.24 Å². The van der Waals surface area contributed by atoms with Gasteiger partial charge in [0.1, 0.15) is 0 Å². The first-order chi connectivity index (χ1) is 26.8. The molecule has 0 bridgehead atoms. The van der Waals surface area contributed by atoms with Gasteiger partial charge in [0.25, 0.3) is 0 Å². The number of hydrogen-bond donors (Lipinski definition) is 0. The molecule has 3 aliphatic rings. The van der Waals surface area contributed by atoms with Gasteiger partial charge >= 0.3 is 0 Å². The van der Waals surface area contributed by atoms with Gasteiger partial charge in [0.15, 0.2) is 0 Å². The van der Waals surface area contributed by atoms with Crippen LogP contribution in [0.1, 0.15) is 67.9 Å². The van der Waals surface area contributed by atoms with E-state index in [9.17, 15) is 0 Å². The molecule has 10 rings (SSSR count). The highest BCUT2D eigenvalue weighted by molar-refractivity contribution is 5.94. The fourth-order valence-corrected chi connectivity index (χ4v) is 9.70. The predicted molar refractivity (Wildman–Crippen MR) is 233 cm³/mol. The summed E-state index contributed by atoms with van der Waals surface area (Å²) in [6.07, 6.45) is 9.97. The number of anilines is 3. The summed E-state index contributed by atoms with van der Waals surface area (Å²) in [6.45, 7) is 9.45. The average Bonchev–Trinajstić information content (AvgIpc) is 3.61. The van der Waals surface area contributed by atoms with Crippen LogP contribution in [0.15, 0.2) is 182 Å². The van der Waals surface area contributed by atoms with Gasteiger partial charge in [0, 0.05) is 33.7 Å². The molecule has 0 aromatic heterocycles. The Morgan fingerprint density at radius 1 is 0.455 bits per heavy atom. The Morgan fingerprint density at radius 3 is 1.84 bits per heavy atom. The van der Waals surface area contributed by atoms with Crippen molar-refractivity contribution in [2.24, 2.45) is 0 Å². The molecule has 0 amide bonds. The standard InChI is InChI=1S/C54H45N/c1-53(2)48-24-14-12-21-45(48)52-42(22-15-25-49(52)53)38-26-29-40(30-27-38)55(41-31-32-44-43-20-11-13-23-47(43)54(3,4)50(44)35-41)51-33-28-39(36-16-7-5-8-17-36)34-46(51)37-18-9-6-10-19-37/h5-16,18-36H,17H2,1-4H3. The summed E-state index contributed by atoms with van der Waals surface area (Å²) < 4.78 is 0. The summed E-state index contributed by atoms with van der Waals surface area (Å²) in [5.74, 6) is 0.358. The molecule has 1 unspecified atom stereocenters. The molecule has 1 atom stereocenters. The summed E-state index contributed by atoms with van der Waals surface area (Å²) >= 11 is 0. The van der Waals surface area contributed by atoms with E-state index in [2.05, 4.69) is 215 Å². The van der Waals surface area contributed by atoms with Gasteiger partial charge in [-0.25, -0.2) is 0 Å². The van der Waals surface area contributed by atoms with Crippen LogP contribution in [0.4, 0.5) is 17.1 Å². The molecule has 0 fully saturated rings. The maximum Gasteiger partial charge on any atom is 0.0540 e. The molecule has 0 heterocycles. The van der Waals surface area contributed by atoms with Crippen LogP contribution in [0.5, 0.6) is 0 Å². The summed E-state index contributed by atoms with van der Waals surface area (Å²) in [5.41, 5.74) is 20.6. The first-order valence-electron chi connectivity index (χ1n) is 19.7. The first-order valence-corrected chi connectivity index (χ1v) is 19.7. The quantitative estimate of drug-likeness (QED) is 0.166. The fourth-order valence-electron chi connectivity index (χ4n) is 9.70. The maximum absolute atomic E-state index is 2.49. The maximum atomic E-state index is 2.49. The second-order valence-corrected chi connectivity index (χ2v) is 16.5. The third-order valence-corrected chi connectivity index (χ3v) is 12.6. The summed E-state index contributed by atoms with van der Waals surface area (Å²) in [7, 11) is 0. The molecule has 0 saturated carbocycles. The number of fused-ring (bicyclic) bond motifs is 6. The third kappa shape index (κ3) is 5.29. The van der Waals surface area contributed by atoms with Crippen molar-refractivity contribution in [2.75, 3.05) is 4.90 Å². The Hall–Kier alpha value is -6.18. The minimum Gasteiger partial charge on any atom is -0.310 e. The number of nitrogens with zero attached hydrogens (tertiary/aromatic N) is 1. The summed E-state index contributed by atoms with van der Waals surface area (Å²) in [5, 5.41) is 0. The minimum atomic E-state index is -0.109. The molecular formula is C54H45N. The van der Waals surface area contributed by atoms with Crippen molar-refractivity contribution in [1.82, 2.24) is 0 Å². The van der Waals surface area contributed by atoms with Crippen molar-refractivity contribution in [3.63, 3.8) is 0 Å². The van der Waals surface area contributed by atoms with Gasteiger partial charge in [-0.3, -0.25) is 0 Å². The van der Waals surface area contributed by atoms with Crippen LogP contribution in [0, 0.1) is 0 Å². The SMILES string of the molecule is CC1(C)c2ccccc2-c2ccc(N(c3ccc(-c4cccc5c4-c4ccccc4C5(C)C)cc3)c3ccc(C4C=CC=CC4)cc3-c3ccccc3)cc21. The first kappa shape index (κ1) is 33.4. The van der Waals surface area contributed by atoms with Gasteiger partial charge in [-0.2, -0.15) is 0 Å². The Labute approximate surface area is 326 Å². The molecule has 0 N–H and O–H groups in total. The normalized spacial score (nSPS) is 16.6. The number of hydrogen-bond acceptors (Lipinski definition) is 1. The van der Waals surface area contributed by atoms with Gasteiger partial charge in [0.05, 0.1) is 5.69 Å². The highest BCUT2D eigenvalue weighted by atomic mass is 15.1. The minimum absolute atomic E-state index is 0.0383. The molecule has 3 aliphatic carbocycles. The van der Waals surface area contributed by atoms with Gasteiger partial charge in [-0.1, -0.05) is 173 Å². The molecular weight excluding hydrogens is 663 g/mol. The molecule has 266 valence electrons. The zero-order valence-electron chi connectivity index (χ0n) is 32.1. The zero-order chi connectivity index (χ0) is 37.3. The fraction of sp³-hybridized carbons (Fsp3) is 0.148.